The third kappa shape index (κ3) is 4.28. The molecule has 0 spiro atoms. The summed E-state index contributed by atoms with van der Waals surface area (Å²) in [5, 5.41) is 6.80. The van der Waals surface area contributed by atoms with Gasteiger partial charge in [0.1, 0.15) is 10.7 Å². The van der Waals surface area contributed by atoms with E-state index in [1.165, 1.54) is 35.4 Å². The first kappa shape index (κ1) is 19.5. The van der Waals surface area contributed by atoms with Crippen molar-refractivity contribution in [3.8, 4) is 0 Å². The number of fused-ring (bicyclic) bond motifs is 1. The fraction of sp³-hybridized carbons (Fsp3) is 0.450. The molecule has 0 amide bonds. The van der Waals surface area contributed by atoms with Crippen LogP contribution in [0.25, 0.3) is 10.2 Å². The number of pyridine rings is 1. The summed E-state index contributed by atoms with van der Waals surface area (Å²) >= 11 is 16.6. The van der Waals surface area contributed by atoms with Crippen molar-refractivity contribution in [2.45, 2.75) is 57.0 Å². The first-order valence-corrected chi connectivity index (χ1v) is 11.9. The second-order valence-corrected chi connectivity index (χ2v) is 10.00. The molecular weight excluding hydrogens is 417 g/mol. The zero-order valence-electron chi connectivity index (χ0n) is 15.0. The molecular formula is C20H23Cl2N3S2. The van der Waals surface area contributed by atoms with E-state index < -0.39 is 0 Å². The first-order valence-electron chi connectivity index (χ1n) is 9.43. The Hall–Kier alpha value is -0.850. The van der Waals surface area contributed by atoms with E-state index in [1.54, 1.807) is 22.7 Å². The minimum Gasteiger partial charge on any atom is -0.379 e. The summed E-state index contributed by atoms with van der Waals surface area (Å²) in [6.45, 7) is 0.765. The number of thiophene rings is 2. The zero-order valence-corrected chi connectivity index (χ0v) is 18.2. The van der Waals surface area contributed by atoms with Gasteiger partial charge in [-0.2, -0.15) is 0 Å². The fourth-order valence-electron chi connectivity index (χ4n) is 3.83. The summed E-state index contributed by atoms with van der Waals surface area (Å²) in [6.07, 6.45) is 7.14. The molecule has 2 atom stereocenters. The van der Waals surface area contributed by atoms with Crippen molar-refractivity contribution < 1.29 is 0 Å². The van der Waals surface area contributed by atoms with Crippen molar-refractivity contribution in [2.75, 3.05) is 5.32 Å². The maximum absolute atomic E-state index is 6.80. The average molecular weight is 440 g/mol. The van der Waals surface area contributed by atoms with Gasteiger partial charge in [-0.25, -0.2) is 4.98 Å². The molecule has 3 heterocycles. The first-order chi connectivity index (χ1) is 13.1. The molecule has 0 bridgehead atoms. The highest BCUT2D eigenvalue weighted by atomic mass is 35.5. The average Bonchev–Trinajstić information content (AvgIpc) is 3.26. The number of rotatable bonds is 4. The lowest BCUT2D eigenvalue weighted by Gasteiger charge is -2.25. The highest BCUT2D eigenvalue weighted by Crippen LogP contribution is 2.45. The summed E-state index contributed by atoms with van der Waals surface area (Å²) in [7, 11) is 0. The molecule has 4 rings (SSSR count). The van der Waals surface area contributed by atoms with Crippen LogP contribution in [0.3, 0.4) is 0 Å². The predicted molar refractivity (Wildman–Crippen MR) is 120 cm³/mol. The minimum atomic E-state index is 0.161. The van der Waals surface area contributed by atoms with Crippen LogP contribution in [-0.4, -0.2) is 11.0 Å². The Morgan fingerprint density at radius 1 is 1.19 bits per heavy atom. The molecule has 144 valence electrons. The van der Waals surface area contributed by atoms with Crippen LogP contribution in [0.15, 0.2) is 23.6 Å². The van der Waals surface area contributed by atoms with Gasteiger partial charge in [-0.1, -0.05) is 55.0 Å². The maximum Gasteiger partial charge on any atom is 0.131 e. The van der Waals surface area contributed by atoms with Crippen molar-refractivity contribution in [3.63, 3.8) is 0 Å². The van der Waals surface area contributed by atoms with Crippen LogP contribution in [0.5, 0.6) is 0 Å². The Labute approximate surface area is 177 Å². The standard InChI is InChI=1S/C20H23Cl2N3S2/c21-16-10-15(24-11-12-6-5-9-26-12)20-18(25-16)17(22)19(27-20)13-7-3-1-2-4-8-14(13)23/h5-6,9-10,13-14H,1-4,7-8,11,23H2,(H,24,25)/t13-,14-/m1/s1. The van der Waals surface area contributed by atoms with Crippen LogP contribution in [-0.2, 0) is 6.54 Å². The van der Waals surface area contributed by atoms with Crippen LogP contribution in [0.2, 0.25) is 10.2 Å². The Kier molecular flexibility index (Phi) is 6.25. The Morgan fingerprint density at radius 3 is 2.78 bits per heavy atom. The summed E-state index contributed by atoms with van der Waals surface area (Å²) in [4.78, 5) is 6.98. The topological polar surface area (TPSA) is 50.9 Å². The van der Waals surface area contributed by atoms with Gasteiger partial charge in [0.25, 0.3) is 0 Å². The number of hydrogen-bond donors (Lipinski definition) is 2. The Bertz CT molecular complexity index is 908. The van der Waals surface area contributed by atoms with Crippen LogP contribution >= 0.6 is 45.9 Å². The molecule has 3 nitrogen and oxygen atoms in total. The van der Waals surface area contributed by atoms with Gasteiger partial charge in [0.2, 0.25) is 0 Å². The van der Waals surface area contributed by atoms with Gasteiger partial charge in [-0.15, -0.1) is 22.7 Å². The van der Waals surface area contributed by atoms with Gasteiger partial charge in [-0.3, -0.25) is 0 Å². The van der Waals surface area contributed by atoms with Gasteiger partial charge >= 0.3 is 0 Å². The van der Waals surface area contributed by atoms with E-state index in [2.05, 4.69) is 27.8 Å². The van der Waals surface area contributed by atoms with Gasteiger partial charge in [0, 0.05) is 34.3 Å². The second kappa shape index (κ2) is 8.66. The summed E-state index contributed by atoms with van der Waals surface area (Å²) in [5.74, 6) is 0.306. The lowest BCUT2D eigenvalue weighted by Crippen LogP contribution is -2.29. The third-order valence-corrected chi connectivity index (χ3v) is 8.18. The van der Waals surface area contributed by atoms with E-state index in [-0.39, 0.29) is 6.04 Å². The van der Waals surface area contributed by atoms with Crippen molar-refractivity contribution in [1.29, 1.82) is 0 Å². The molecule has 3 aromatic heterocycles. The van der Waals surface area contributed by atoms with Crippen LogP contribution in [0.1, 0.15) is 54.2 Å². The number of hydrogen-bond acceptors (Lipinski definition) is 5. The Morgan fingerprint density at radius 2 is 2.00 bits per heavy atom. The highest BCUT2D eigenvalue weighted by Gasteiger charge is 2.27. The van der Waals surface area contributed by atoms with E-state index in [1.807, 2.05) is 6.07 Å². The second-order valence-electron chi connectivity index (χ2n) is 7.15. The van der Waals surface area contributed by atoms with Gasteiger partial charge < -0.3 is 11.1 Å². The number of aromatic nitrogens is 1. The minimum absolute atomic E-state index is 0.161. The lowest BCUT2D eigenvalue weighted by atomic mass is 9.86. The smallest absolute Gasteiger partial charge is 0.131 e. The van der Waals surface area contributed by atoms with Crippen molar-refractivity contribution >= 4 is 61.8 Å². The van der Waals surface area contributed by atoms with E-state index in [4.69, 9.17) is 28.9 Å². The molecule has 1 aliphatic carbocycles. The molecule has 3 aromatic rings. The molecule has 3 N–H and O–H groups in total. The quantitative estimate of drug-likeness (QED) is 0.428. The van der Waals surface area contributed by atoms with Crippen molar-refractivity contribution in [3.05, 3.63) is 43.5 Å². The van der Waals surface area contributed by atoms with Gasteiger partial charge in [0.05, 0.1) is 15.4 Å². The summed E-state index contributed by atoms with van der Waals surface area (Å²) < 4.78 is 1.07. The molecule has 1 fully saturated rings. The molecule has 27 heavy (non-hydrogen) atoms. The van der Waals surface area contributed by atoms with Crippen molar-refractivity contribution in [2.24, 2.45) is 5.73 Å². The molecule has 0 saturated heterocycles. The normalized spacial score (nSPS) is 21.1. The van der Waals surface area contributed by atoms with Crippen LogP contribution < -0.4 is 11.1 Å². The van der Waals surface area contributed by atoms with E-state index >= 15 is 0 Å². The molecule has 1 aliphatic rings. The number of halogens is 2. The van der Waals surface area contributed by atoms with E-state index in [0.717, 1.165) is 40.3 Å². The summed E-state index contributed by atoms with van der Waals surface area (Å²) in [6, 6.07) is 6.24. The number of nitrogens with one attached hydrogen (secondary N) is 1. The molecule has 0 aliphatic heterocycles. The fourth-order valence-corrected chi connectivity index (χ4v) is 6.45. The van der Waals surface area contributed by atoms with Crippen LogP contribution in [0, 0.1) is 0 Å². The molecule has 1 saturated carbocycles. The maximum atomic E-state index is 6.80. The third-order valence-electron chi connectivity index (χ3n) is 5.27. The molecule has 0 radical (unpaired) electrons. The molecule has 0 aromatic carbocycles. The van der Waals surface area contributed by atoms with E-state index in [9.17, 15) is 0 Å². The van der Waals surface area contributed by atoms with Gasteiger partial charge in [0.15, 0.2) is 0 Å². The zero-order chi connectivity index (χ0) is 18.8. The monoisotopic (exact) mass is 439 g/mol. The lowest BCUT2D eigenvalue weighted by molar-refractivity contribution is 0.408. The molecule has 7 heteroatoms. The van der Waals surface area contributed by atoms with E-state index in [0.29, 0.717) is 11.1 Å². The highest BCUT2D eigenvalue weighted by molar-refractivity contribution is 7.20. The van der Waals surface area contributed by atoms with Crippen LogP contribution in [0.4, 0.5) is 5.69 Å². The SMILES string of the molecule is N[C@@H]1CCCCCC[C@H]1c1sc2c(NCc3cccs3)cc(Cl)nc2c1Cl. The van der Waals surface area contributed by atoms with Crippen molar-refractivity contribution in [1.82, 2.24) is 4.98 Å². The molecule has 0 unspecified atom stereocenters. The predicted octanol–water partition coefficient (Wildman–Crippen LogP) is 7.04. The number of nitrogens with zero attached hydrogens (tertiary/aromatic N) is 1. The van der Waals surface area contributed by atoms with Gasteiger partial charge in [-0.05, 0) is 24.3 Å². The number of anilines is 1. The number of nitrogens with two attached hydrogens (primary N) is 1. The summed E-state index contributed by atoms with van der Waals surface area (Å²) in [5.41, 5.74) is 8.34. The Balaban J connectivity index is 1.70. The largest absolute Gasteiger partial charge is 0.379 e.